The van der Waals surface area contributed by atoms with E-state index in [4.69, 9.17) is 5.73 Å². The van der Waals surface area contributed by atoms with Crippen LogP contribution >= 0.6 is 0 Å². The number of nitrogens with zero attached hydrogens (tertiary/aromatic N) is 1. The van der Waals surface area contributed by atoms with Crippen molar-refractivity contribution in [2.24, 2.45) is 5.73 Å². The van der Waals surface area contributed by atoms with Gasteiger partial charge in [0, 0.05) is 23.5 Å². The second-order valence-corrected chi connectivity index (χ2v) is 5.68. The summed E-state index contributed by atoms with van der Waals surface area (Å²) in [5, 5.41) is 3.15. The average molecular weight is 309 g/mol. The van der Waals surface area contributed by atoms with Crippen LogP contribution in [0.4, 0.5) is 11.4 Å². The molecule has 1 atom stereocenters. The second kappa shape index (κ2) is 6.12. The van der Waals surface area contributed by atoms with Gasteiger partial charge in [0.05, 0.1) is 0 Å². The SMILES string of the molecule is CC(Nc1cccc(C(N)=O)c1)C(=O)N1CCc2ccccc21. The highest BCUT2D eigenvalue weighted by molar-refractivity contribution is 6.00. The Labute approximate surface area is 135 Å². The highest BCUT2D eigenvalue weighted by Gasteiger charge is 2.27. The van der Waals surface area contributed by atoms with Gasteiger partial charge < -0.3 is 16.0 Å². The molecule has 1 unspecified atom stereocenters. The second-order valence-electron chi connectivity index (χ2n) is 5.68. The topological polar surface area (TPSA) is 75.4 Å². The van der Waals surface area contributed by atoms with Gasteiger partial charge in [-0.05, 0) is 43.2 Å². The summed E-state index contributed by atoms with van der Waals surface area (Å²) in [6.45, 7) is 2.52. The predicted octanol–water partition coefficient (Wildman–Crippen LogP) is 2.18. The van der Waals surface area contributed by atoms with Gasteiger partial charge in [0.25, 0.3) is 0 Å². The van der Waals surface area contributed by atoms with Crippen LogP contribution in [0, 0.1) is 0 Å². The number of nitrogens with two attached hydrogens (primary N) is 1. The van der Waals surface area contributed by atoms with Crippen LogP contribution in [0.2, 0.25) is 0 Å². The minimum atomic E-state index is -0.485. The maximum atomic E-state index is 12.7. The van der Waals surface area contributed by atoms with Crippen molar-refractivity contribution in [1.82, 2.24) is 0 Å². The molecule has 0 aromatic heterocycles. The average Bonchev–Trinajstić information content (AvgIpc) is 2.98. The van der Waals surface area contributed by atoms with Gasteiger partial charge in [0.15, 0.2) is 0 Å². The van der Waals surface area contributed by atoms with Gasteiger partial charge in [-0.1, -0.05) is 24.3 Å². The fourth-order valence-electron chi connectivity index (χ4n) is 2.87. The minimum absolute atomic E-state index is 0.0134. The first-order valence-electron chi connectivity index (χ1n) is 7.62. The summed E-state index contributed by atoms with van der Waals surface area (Å²) in [6, 6.07) is 14.4. The Hall–Kier alpha value is -2.82. The minimum Gasteiger partial charge on any atom is -0.374 e. The van der Waals surface area contributed by atoms with Crippen molar-refractivity contribution in [1.29, 1.82) is 0 Å². The Bertz CT molecular complexity index is 757. The Kier molecular flexibility index (Phi) is 4.02. The Morgan fingerprint density at radius 1 is 1.17 bits per heavy atom. The third-order valence-corrected chi connectivity index (χ3v) is 4.05. The number of hydrogen-bond acceptors (Lipinski definition) is 3. The number of primary amides is 1. The summed E-state index contributed by atoms with van der Waals surface area (Å²) in [6.07, 6.45) is 0.881. The number of carbonyl (C=O) groups is 2. The number of fused-ring (bicyclic) bond motifs is 1. The molecule has 23 heavy (non-hydrogen) atoms. The molecule has 0 radical (unpaired) electrons. The van der Waals surface area contributed by atoms with E-state index in [-0.39, 0.29) is 5.91 Å². The molecule has 1 aliphatic heterocycles. The Balaban J connectivity index is 1.74. The molecule has 1 heterocycles. The molecular weight excluding hydrogens is 290 g/mol. The van der Waals surface area contributed by atoms with Crippen LogP contribution < -0.4 is 16.0 Å². The standard InChI is InChI=1S/C18H19N3O2/c1-12(20-15-7-4-6-14(11-15)17(19)22)18(23)21-10-9-13-5-2-3-8-16(13)21/h2-8,11-12,20H,9-10H2,1H3,(H2,19,22). The number of rotatable bonds is 4. The molecule has 2 amide bonds. The predicted molar refractivity (Wildman–Crippen MR) is 90.5 cm³/mol. The first kappa shape index (κ1) is 15.1. The van der Waals surface area contributed by atoms with Crippen LogP contribution in [0.15, 0.2) is 48.5 Å². The van der Waals surface area contributed by atoms with Crippen LogP contribution in [-0.4, -0.2) is 24.4 Å². The summed E-state index contributed by atoms with van der Waals surface area (Å²) < 4.78 is 0. The molecule has 2 aromatic carbocycles. The van der Waals surface area contributed by atoms with Crippen molar-refractivity contribution in [3.63, 3.8) is 0 Å². The molecule has 1 aliphatic rings. The number of anilines is 2. The first-order valence-corrected chi connectivity index (χ1v) is 7.62. The molecule has 0 spiro atoms. The molecule has 3 rings (SSSR count). The van der Waals surface area contributed by atoms with E-state index >= 15 is 0 Å². The number of benzene rings is 2. The van der Waals surface area contributed by atoms with Crippen LogP contribution in [0.1, 0.15) is 22.8 Å². The van der Waals surface area contributed by atoms with E-state index in [9.17, 15) is 9.59 Å². The lowest BCUT2D eigenvalue weighted by Crippen LogP contribution is -2.40. The van der Waals surface area contributed by atoms with E-state index in [0.717, 1.165) is 12.1 Å². The Morgan fingerprint density at radius 2 is 1.96 bits per heavy atom. The van der Waals surface area contributed by atoms with Crippen molar-refractivity contribution in [3.8, 4) is 0 Å². The van der Waals surface area contributed by atoms with E-state index in [1.165, 1.54) is 5.56 Å². The fraction of sp³-hybridized carbons (Fsp3) is 0.222. The largest absolute Gasteiger partial charge is 0.374 e. The van der Waals surface area contributed by atoms with Crippen LogP contribution in [-0.2, 0) is 11.2 Å². The first-order chi connectivity index (χ1) is 11.1. The van der Waals surface area contributed by atoms with Crippen LogP contribution in [0.5, 0.6) is 0 Å². The summed E-state index contributed by atoms with van der Waals surface area (Å²) in [5.41, 5.74) is 8.59. The third-order valence-electron chi connectivity index (χ3n) is 4.05. The summed E-state index contributed by atoms with van der Waals surface area (Å²) in [4.78, 5) is 25.8. The lowest BCUT2D eigenvalue weighted by atomic mass is 10.1. The summed E-state index contributed by atoms with van der Waals surface area (Å²) in [5.74, 6) is -0.472. The fourth-order valence-corrected chi connectivity index (χ4v) is 2.87. The van der Waals surface area contributed by atoms with Gasteiger partial charge in [-0.3, -0.25) is 9.59 Å². The maximum Gasteiger partial charge on any atom is 0.249 e. The molecule has 5 heteroatoms. The molecule has 0 fully saturated rings. The van der Waals surface area contributed by atoms with Crippen molar-refractivity contribution >= 4 is 23.2 Å². The van der Waals surface area contributed by atoms with Crippen LogP contribution in [0.3, 0.4) is 0 Å². The Morgan fingerprint density at radius 3 is 2.74 bits per heavy atom. The number of para-hydroxylation sites is 1. The number of amides is 2. The maximum absolute atomic E-state index is 12.7. The zero-order valence-electron chi connectivity index (χ0n) is 13.0. The number of hydrogen-bond donors (Lipinski definition) is 2. The molecule has 0 aliphatic carbocycles. The highest BCUT2D eigenvalue weighted by atomic mass is 16.2. The molecule has 0 saturated carbocycles. The van der Waals surface area contributed by atoms with E-state index in [1.54, 1.807) is 18.2 Å². The number of carbonyl (C=O) groups excluding carboxylic acids is 2. The van der Waals surface area contributed by atoms with Crippen LogP contribution in [0.25, 0.3) is 0 Å². The monoisotopic (exact) mass is 309 g/mol. The van der Waals surface area contributed by atoms with Gasteiger partial charge in [0.2, 0.25) is 11.8 Å². The quantitative estimate of drug-likeness (QED) is 0.909. The zero-order valence-corrected chi connectivity index (χ0v) is 13.0. The number of nitrogens with one attached hydrogen (secondary N) is 1. The normalized spacial score (nSPS) is 14.2. The molecular formula is C18H19N3O2. The molecule has 2 aromatic rings. The van der Waals surface area contributed by atoms with E-state index < -0.39 is 11.9 Å². The molecule has 118 valence electrons. The van der Waals surface area contributed by atoms with Gasteiger partial charge in [-0.25, -0.2) is 0 Å². The zero-order chi connectivity index (χ0) is 16.4. The van der Waals surface area contributed by atoms with Gasteiger partial charge in [-0.15, -0.1) is 0 Å². The van der Waals surface area contributed by atoms with Crippen molar-refractivity contribution < 1.29 is 9.59 Å². The summed E-state index contributed by atoms with van der Waals surface area (Å²) >= 11 is 0. The lowest BCUT2D eigenvalue weighted by Gasteiger charge is -2.23. The van der Waals surface area contributed by atoms with E-state index in [2.05, 4.69) is 11.4 Å². The molecule has 0 bridgehead atoms. The van der Waals surface area contributed by atoms with Crippen molar-refractivity contribution in [2.45, 2.75) is 19.4 Å². The van der Waals surface area contributed by atoms with Gasteiger partial charge in [0.1, 0.15) is 6.04 Å². The molecule has 5 nitrogen and oxygen atoms in total. The van der Waals surface area contributed by atoms with Crippen molar-refractivity contribution in [2.75, 3.05) is 16.8 Å². The van der Waals surface area contributed by atoms with Gasteiger partial charge in [-0.2, -0.15) is 0 Å². The lowest BCUT2D eigenvalue weighted by molar-refractivity contribution is -0.118. The van der Waals surface area contributed by atoms with E-state index in [0.29, 0.717) is 17.8 Å². The molecule has 0 saturated heterocycles. The smallest absolute Gasteiger partial charge is 0.249 e. The van der Waals surface area contributed by atoms with Gasteiger partial charge >= 0.3 is 0 Å². The molecule has 3 N–H and O–H groups in total. The highest BCUT2D eigenvalue weighted by Crippen LogP contribution is 2.28. The van der Waals surface area contributed by atoms with E-state index in [1.807, 2.05) is 36.1 Å². The summed E-state index contributed by atoms with van der Waals surface area (Å²) in [7, 11) is 0. The van der Waals surface area contributed by atoms with Crippen molar-refractivity contribution in [3.05, 3.63) is 59.7 Å². The third kappa shape index (κ3) is 3.04.